The average molecular weight is 483 g/mol. The molecule has 0 aliphatic heterocycles. The normalized spacial score (nSPS) is 10.9. The Hall–Kier alpha value is -3.23. The van der Waals surface area contributed by atoms with Gasteiger partial charge in [0, 0.05) is 10.7 Å². The monoisotopic (exact) mass is 482 g/mol. The number of rotatable bonds is 9. The molecule has 2 heterocycles. The number of halogens is 1. The molecule has 0 bridgehead atoms. The Balaban J connectivity index is 1.44. The minimum Gasteiger partial charge on any atom is -0.486 e. The number of furan rings is 1. The molecule has 4 rings (SSSR count). The predicted molar refractivity (Wildman–Crippen MR) is 129 cm³/mol. The lowest BCUT2D eigenvalue weighted by molar-refractivity contribution is -0.113. The fourth-order valence-electron chi connectivity index (χ4n) is 3.30. The quantitative estimate of drug-likeness (QED) is 0.317. The molecule has 0 aliphatic rings. The number of carbonyl (C=O) groups is 1. The molecule has 0 atom stereocenters. The molecule has 7 nitrogen and oxygen atoms in total. The molecule has 33 heavy (non-hydrogen) atoms. The van der Waals surface area contributed by atoms with Crippen molar-refractivity contribution in [2.24, 2.45) is 0 Å². The summed E-state index contributed by atoms with van der Waals surface area (Å²) in [7, 11) is 0. The maximum Gasteiger partial charge on any atom is 0.234 e. The van der Waals surface area contributed by atoms with Crippen LogP contribution < -0.4 is 10.1 Å². The lowest BCUT2D eigenvalue weighted by atomic mass is 10.1. The molecule has 0 fully saturated rings. The third-order valence-electron chi connectivity index (χ3n) is 4.71. The van der Waals surface area contributed by atoms with Crippen LogP contribution in [0.3, 0.4) is 0 Å². The van der Waals surface area contributed by atoms with Gasteiger partial charge in [-0.05, 0) is 73.5 Å². The molecule has 170 valence electrons. The van der Waals surface area contributed by atoms with Crippen LogP contribution in [-0.4, -0.2) is 26.4 Å². The van der Waals surface area contributed by atoms with E-state index < -0.39 is 0 Å². The molecule has 0 saturated heterocycles. The summed E-state index contributed by atoms with van der Waals surface area (Å²) in [6.45, 7) is 4.65. The first-order valence-electron chi connectivity index (χ1n) is 10.3. The van der Waals surface area contributed by atoms with Gasteiger partial charge in [0.05, 0.1) is 18.6 Å². The van der Waals surface area contributed by atoms with E-state index >= 15 is 0 Å². The van der Waals surface area contributed by atoms with Gasteiger partial charge in [-0.15, -0.1) is 10.2 Å². The van der Waals surface area contributed by atoms with Gasteiger partial charge in [-0.25, -0.2) is 0 Å². The summed E-state index contributed by atoms with van der Waals surface area (Å²) in [5.74, 6) is 2.13. The van der Waals surface area contributed by atoms with E-state index in [0.29, 0.717) is 28.3 Å². The van der Waals surface area contributed by atoms with Gasteiger partial charge in [-0.3, -0.25) is 9.36 Å². The van der Waals surface area contributed by atoms with Crippen molar-refractivity contribution in [1.29, 1.82) is 0 Å². The first-order chi connectivity index (χ1) is 16.0. The zero-order chi connectivity index (χ0) is 23.2. The molecular weight excluding hydrogens is 460 g/mol. The van der Waals surface area contributed by atoms with Gasteiger partial charge < -0.3 is 14.5 Å². The number of benzene rings is 2. The summed E-state index contributed by atoms with van der Waals surface area (Å²) in [5.41, 5.74) is 2.98. The predicted octanol–water partition coefficient (Wildman–Crippen LogP) is 5.50. The van der Waals surface area contributed by atoms with E-state index in [1.807, 2.05) is 42.7 Å². The second kappa shape index (κ2) is 10.6. The summed E-state index contributed by atoms with van der Waals surface area (Å²) in [6, 6.07) is 16.8. The van der Waals surface area contributed by atoms with E-state index in [1.165, 1.54) is 11.8 Å². The molecule has 2 aromatic heterocycles. The average Bonchev–Trinajstić information content (AvgIpc) is 3.42. The highest BCUT2D eigenvalue weighted by molar-refractivity contribution is 7.99. The molecule has 1 amide bonds. The summed E-state index contributed by atoms with van der Waals surface area (Å²) in [4.78, 5) is 12.5. The second-order valence-corrected chi connectivity index (χ2v) is 8.90. The van der Waals surface area contributed by atoms with Crippen molar-refractivity contribution in [2.45, 2.75) is 32.2 Å². The van der Waals surface area contributed by atoms with E-state index in [1.54, 1.807) is 30.5 Å². The molecule has 0 spiro atoms. The van der Waals surface area contributed by atoms with Crippen molar-refractivity contribution < 1.29 is 13.9 Å². The van der Waals surface area contributed by atoms with Gasteiger partial charge >= 0.3 is 0 Å². The molecule has 4 aromatic rings. The number of hydrogen-bond acceptors (Lipinski definition) is 6. The van der Waals surface area contributed by atoms with Crippen LogP contribution in [-0.2, 0) is 17.9 Å². The van der Waals surface area contributed by atoms with Crippen molar-refractivity contribution in [3.8, 4) is 5.75 Å². The minimum atomic E-state index is -0.114. The number of thioether (sulfide) groups is 1. The number of nitrogens with zero attached hydrogens (tertiary/aromatic N) is 3. The number of aryl methyl sites for hydroxylation is 2. The highest BCUT2D eigenvalue weighted by atomic mass is 35.5. The lowest BCUT2D eigenvalue weighted by Crippen LogP contribution is -2.15. The Labute approximate surface area is 201 Å². The minimum absolute atomic E-state index is 0.114. The fraction of sp³-hybridized carbons (Fsp3) is 0.208. The standard InChI is InChI=1S/C24H23ClN4O3S/c1-16-10-17(2)12-19(11-16)26-23(30)15-33-24-28-27-22(29(24)13-21-4-3-9-31-21)14-32-20-7-5-18(25)6-8-20/h3-12H,13-15H2,1-2H3,(H,26,30). The highest BCUT2D eigenvalue weighted by Crippen LogP contribution is 2.22. The summed E-state index contributed by atoms with van der Waals surface area (Å²) in [6.07, 6.45) is 1.62. The van der Waals surface area contributed by atoms with Crippen molar-refractivity contribution in [3.05, 3.63) is 88.6 Å². The van der Waals surface area contributed by atoms with Gasteiger partial charge in [-0.1, -0.05) is 29.4 Å². The zero-order valence-electron chi connectivity index (χ0n) is 18.2. The van der Waals surface area contributed by atoms with Gasteiger partial charge in [0.1, 0.15) is 18.1 Å². The third-order valence-corrected chi connectivity index (χ3v) is 5.93. The SMILES string of the molecule is Cc1cc(C)cc(NC(=O)CSc2nnc(COc3ccc(Cl)cc3)n2Cc2ccco2)c1. The number of carbonyl (C=O) groups excluding carboxylic acids is 1. The Bertz CT molecular complexity index is 1200. The molecule has 0 aliphatic carbocycles. The molecule has 1 N–H and O–H groups in total. The summed E-state index contributed by atoms with van der Waals surface area (Å²) >= 11 is 7.25. The van der Waals surface area contributed by atoms with E-state index in [9.17, 15) is 4.79 Å². The van der Waals surface area contributed by atoms with Gasteiger partial charge in [0.2, 0.25) is 5.91 Å². The van der Waals surface area contributed by atoms with Crippen LogP contribution in [0.2, 0.25) is 5.02 Å². The molecule has 0 saturated carbocycles. The number of amides is 1. The maximum absolute atomic E-state index is 12.5. The van der Waals surface area contributed by atoms with Crippen molar-refractivity contribution in [1.82, 2.24) is 14.8 Å². The maximum atomic E-state index is 12.5. The van der Waals surface area contributed by atoms with Crippen LogP contribution in [0.5, 0.6) is 5.75 Å². The first-order valence-corrected chi connectivity index (χ1v) is 11.7. The van der Waals surface area contributed by atoms with E-state index in [-0.39, 0.29) is 18.3 Å². The Morgan fingerprint density at radius 3 is 2.58 bits per heavy atom. The largest absolute Gasteiger partial charge is 0.486 e. The molecule has 2 aromatic carbocycles. The van der Waals surface area contributed by atoms with Crippen LogP contribution in [0.4, 0.5) is 5.69 Å². The Morgan fingerprint density at radius 1 is 1.12 bits per heavy atom. The van der Waals surface area contributed by atoms with Gasteiger partial charge in [-0.2, -0.15) is 0 Å². The van der Waals surface area contributed by atoms with Crippen LogP contribution >= 0.6 is 23.4 Å². The van der Waals surface area contributed by atoms with E-state index in [0.717, 1.165) is 22.6 Å². The molecule has 9 heteroatoms. The third kappa shape index (κ3) is 6.40. The molecule has 0 radical (unpaired) electrons. The van der Waals surface area contributed by atoms with Gasteiger partial charge in [0.15, 0.2) is 11.0 Å². The zero-order valence-corrected chi connectivity index (χ0v) is 19.8. The van der Waals surface area contributed by atoms with Crippen molar-refractivity contribution >= 4 is 35.0 Å². The highest BCUT2D eigenvalue weighted by Gasteiger charge is 2.16. The number of ether oxygens (including phenoxy) is 1. The number of nitrogens with one attached hydrogen (secondary N) is 1. The topological polar surface area (TPSA) is 82.2 Å². The molecular formula is C24H23ClN4O3S. The Kier molecular flexibility index (Phi) is 7.36. The number of hydrogen-bond donors (Lipinski definition) is 1. The van der Waals surface area contributed by atoms with E-state index in [4.69, 9.17) is 20.8 Å². The Morgan fingerprint density at radius 2 is 1.88 bits per heavy atom. The smallest absolute Gasteiger partial charge is 0.234 e. The number of aromatic nitrogens is 3. The van der Waals surface area contributed by atoms with Crippen LogP contribution in [0.15, 0.2) is 70.4 Å². The second-order valence-electron chi connectivity index (χ2n) is 7.52. The van der Waals surface area contributed by atoms with Crippen molar-refractivity contribution in [3.63, 3.8) is 0 Å². The van der Waals surface area contributed by atoms with Crippen LogP contribution in [0, 0.1) is 13.8 Å². The van der Waals surface area contributed by atoms with Crippen LogP contribution in [0.25, 0.3) is 0 Å². The summed E-state index contributed by atoms with van der Waals surface area (Å²) < 4.78 is 13.2. The molecule has 0 unspecified atom stereocenters. The van der Waals surface area contributed by atoms with Crippen LogP contribution in [0.1, 0.15) is 22.7 Å². The fourth-order valence-corrected chi connectivity index (χ4v) is 4.19. The lowest BCUT2D eigenvalue weighted by Gasteiger charge is -2.10. The van der Waals surface area contributed by atoms with E-state index in [2.05, 4.69) is 21.6 Å². The number of anilines is 1. The van der Waals surface area contributed by atoms with Gasteiger partial charge in [0.25, 0.3) is 0 Å². The first kappa shape index (κ1) is 22.9. The summed E-state index contributed by atoms with van der Waals surface area (Å²) in [5, 5.41) is 12.8. The van der Waals surface area contributed by atoms with Crippen molar-refractivity contribution in [2.75, 3.05) is 11.1 Å².